The van der Waals surface area contributed by atoms with Crippen molar-refractivity contribution >= 4 is 23.2 Å². The highest BCUT2D eigenvalue weighted by atomic mass is 16.3. The number of carbonyl (C=O) groups is 2. The Kier molecular flexibility index (Phi) is 9.38. The topological polar surface area (TPSA) is 90.8 Å². The van der Waals surface area contributed by atoms with Gasteiger partial charge in [-0.05, 0) is 50.7 Å². The van der Waals surface area contributed by atoms with E-state index in [1.165, 1.54) is 25.7 Å². The van der Waals surface area contributed by atoms with Crippen LogP contribution in [0.1, 0.15) is 77.0 Å². The van der Waals surface area contributed by atoms with Gasteiger partial charge in [0.1, 0.15) is 5.75 Å². The van der Waals surface area contributed by atoms with Crippen molar-refractivity contribution in [1.82, 2.24) is 5.43 Å². The average Bonchev–Trinajstić information content (AvgIpc) is 2.93. The van der Waals surface area contributed by atoms with Gasteiger partial charge in [-0.25, -0.2) is 5.43 Å². The first kappa shape index (κ1) is 20.9. The summed E-state index contributed by atoms with van der Waals surface area (Å²) < 4.78 is 0. The lowest BCUT2D eigenvalue weighted by atomic mass is 10.1. The number of hydrazone groups is 1. The molecule has 0 aromatic heterocycles. The number of amides is 2. The zero-order valence-corrected chi connectivity index (χ0v) is 16.0. The van der Waals surface area contributed by atoms with E-state index >= 15 is 0 Å². The van der Waals surface area contributed by atoms with Crippen LogP contribution in [0.3, 0.4) is 0 Å². The molecule has 6 nitrogen and oxygen atoms in total. The van der Waals surface area contributed by atoms with E-state index < -0.39 is 0 Å². The van der Waals surface area contributed by atoms with Crippen molar-refractivity contribution in [1.29, 1.82) is 0 Å². The molecule has 27 heavy (non-hydrogen) atoms. The second-order valence-corrected chi connectivity index (χ2v) is 7.11. The minimum atomic E-state index is -0.103. The molecule has 2 amide bonds. The van der Waals surface area contributed by atoms with Crippen LogP contribution >= 0.6 is 0 Å². The number of hydrogen-bond donors (Lipinski definition) is 3. The van der Waals surface area contributed by atoms with E-state index in [1.54, 1.807) is 24.3 Å². The zero-order valence-electron chi connectivity index (χ0n) is 16.0. The monoisotopic (exact) mass is 373 g/mol. The van der Waals surface area contributed by atoms with Gasteiger partial charge in [0.15, 0.2) is 0 Å². The summed E-state index contributed by atoms with van der Waals surface area (Å²) in [7, 11) is 0. The Balaban J connectivity index is 1.51. The Morgan fingerprint density at radius 3 is 2.19 bits per heavy atom. The highest BCUT2D eigenvalue weighted by molar-refractivity contribution is 5.92. The second-order valence-electron chi connectivity index (χ2n) is 7.11. The molecule has 2 rings (SSSR count). The van der Waals surface area contributed by atoms with Gasteiger partial charge in [-0.3, -0.25) is 9.59 Å². The molecular weight excluding hydrogens is 342 g/mol. The molecule has 148 valence electrons. The Morgan fingerprint density at radius 1 is 0.889 bits per heavy atom. The number of anilines is 1. The first-order valence-electron chi connectivity index (χ1n) is 10.1. The summed E-state index contributed by atoms with van der Waals surface area (Å²) in [4.78, 5) is 23.7. The molecule has 1 aromatic rings. The van der Waals surface area contributed by atoms with E-state index in [1.807, 2.05) is 0 Å². The molecule has 1 aliphatic rings. The number of phenolic OH excluding ortho intramolecular Hbond substituents is 1. The molecule has 3 N–H and O–H groups in total. The maximum atomic E-state index is 11.9. The van der Waals surface area contributed by atoms with Crippen LogP contribution in [0, 0.1) is 0 Å². The number of rotatable bonds is 9. The van der Waals surface area contributed by atoms with Gasteiger partial charge in [0, 0.05) is 18.6 Å². The molecule has 0 radical (unpaired) electrons. The number of para-hydroxylation sites is 2. The summed E-state index contributed by atoms with van der Waals surface area (Å²) in [6.07, 6.45) is 11.1. The van der Waals surface area contributed by atoms with Gasteiger partial charge < -0.3 is 10.4 Å². The van der Waals surface area contributed by atoms with Crippen LogP contribution in [0.5, 0.6) is 5.75 Å². The van der Waals surface area contributed by atoms with Crippen molar-refractivity contribution in [3.63, 3.8) is 0 Å². The summed E-state index contributed by atoms with van der Waals surface area (Å²) >= 11 is 0. The SMILES string of the molecule is O=C(CCCCCCC(=O)Nc1ccccc1O)NN=C1CCCCCC1. The number of aromatic hydroxyl groups is 1. The predicted octanol–water partition coefficient (Wildman–Crippen LogP) is 4.50. The molecule has 1 aliphatic carbocycles. The van der Waals surface area contributed by atoms with E-state index in [2.05, 4.69) is 15.8 Å². The van der Waals surface area contributed by atoms with E-state index in [0.29, 0.717) is 18.5 Å². The molecule has 0 atom stereocenters. The van der Waals surface area contributed by atoms with Crippen LogP contribution < -0.4 is 10.7 Å². The van der Waals surface area contributed by atoms with E-state index in [9.17, 15) is 14.7 Å². The van der Waals surface area contributed by atoms with Crippen LogP contribution in [-0.2, 0) is 9.59 Å². The Bertz CT molecular complexity index is 633. The number of hydrogen-bond acceptors (Lipinski definition) is 4. The predicted molar refractivity (Wildman–Crippen MR) is 108 cm³/mol. The van der Waals surface area contributed by atoms with Crippen LogP contribution in [0.15, 0.2) is 29.4 Å². The maximum absolute atomic E-state index is 11.9. The Labute approximate surface area is 161 Å². The summed E-state index contributed by atoms with van der Waals surface area (Å²) in [6, 6.07) is 6.69. The lowest BCUT2D eigenvalue weighted by Crippen LogP contribution is -2.19. The molecule has 1 aromatic carbocycles. The number of carbonyl (C=O) groups excluding carboxylic acids is 2. The molecule has 6 heteroatoms. The van der Waals surface area contributed by atoms with Gasteiger partial charge in [-0.15, -0.1) is 0 Å². The van der Waals surface area contributed by atoms with Crippen molar-refractivity contribution in [3.05, 3.63) is 24.3 Å². The third kappa shape index (κ3) is 8.71. The lowest BCUT2D eigenvalue weighted by molar-refractivity contribution is -0.121. The lowest BCUT2D eigenvalue weighted by Gasteiger charge is -2.07. The minimum Gasteiger partial charge on any atom is -0.506 e. The fourth-order valence-corrected chi connectivity index (χ4v) is 3.16. The summed E-state index contributed by atoms with van der Waals surface area (Å²) in [5, 5.41) is 16.6. The molecule has 1 fully saturated rings. The summed E-state index contributed by atoms with van der Waals surface area (Å²) in [5.74, 6) is -0.0539. The number of nitrogens with one attached hydrogen (secondary N) is 2. The smallest absolute Gasteiger partial charge is 0.240 e. The van der Waals surface area contributed by atoms with Gasteiger partial charge in [-0.2, -0.15) is 5.10 Å². The number of phenols is 1. The van der Waals surface area contributed by atoms with Crippen LogP contribution in [0.25, 0.3) is 0 Å². The molecule has 0 unspecified atom stereocenters. The number of nitrogens with zero attached hydrogens (tertiary/aromatic N) is 1. The molecule has 0 spiro atoms. The number of unbranched alkanes of at least 4 members (excludes halogenated alkanes) is 3. The fraction of sp³-hybridized carbons (Fsp3) is 0.571. The largest absolute Gasteiger partial charge is 0.506 e. The Morgan fingerprint density at radius 2 is 1.52 bits per heavy atom. The maximum Gasteiger partial charge on any atom is 0.240 e. The second kappa shape index (κ2) is 12.1. The van der Waals surface area contributed by atoms with E-state index in [4.69, 9.17) is 0 Å². The molecular formula is C21H31N3O3. The van der Waals surface area contributed by atoms with Gasteiger partial charge in [0.25, 0.3) is 0 Å². The van der Waals surface area contributed by atoms with Crippen molar-refractivity contribution in [3.8, 4) is 5.75 Å². The standard InChI is InChI=1S/C21H31N3O3/c25-19-14-10-9-13-18(19)22-20(26)15-7-3-4-8-16-21(27)24-23-17-11-5-1-2-6-12-17/h9-10,13-14,25H,1-8,11-12,15-16H2,(H,22,26)(H,24,27). The van der Waals surface area contributed by atoms with Crippen molar-refractivity contribution < 1.29 is 14.7 Å². The summed E-state index contributed by atoms with van der Waals surface area (Å²) in [6.45, 7) is 0. The number of benzene rings is 1. The summed E-state index contributed by atoms with van der Waals surface area (Å²) in [5.41, 5.74) is 4.24. The average molecular weight is 373 g/mol. The highest BCUT2D eigenvalue weighted by Crippen LogP contribution is 2.21. The fourth-order valence-electron chi connectivity index (χ4n) is 3.16. The van der Waals surface area contributed by atoms with Gasteiger partial charge in [0.05, 0.1) is 5.69 Å². The van der Waals surface area contributed by atoms with Crippen LogP contribution in [0.4, 0.5) is 5.69 Å². The molecule has 0 heterocycles. The van der Waals surface area contributed by atoms with E-state index in [0.717, 1.165) is 44.2 Å². The quantitative estimate of drug-likeness (QED) is 0.258. The van der Waals surface area contributed by atoms with Crippen molar-refractivity contribution in [2.24, 2.45) is 5.10 Å². The molecule has 1 saturated carbocycles. The van der Waals surface area contributed by atoms with Gasteiger partial charge in [0.2, 0.25) is 11.8 Å². The van der Waals surface area contributed by atoms with Gasteiger partial charge >= 0.3 is 0 Å². The minimum absolute atomic E-state index is 0.0240. The molecule has 0 aliphatic heterocycles. The first-order valence-corrected chi connectivity index (χ1v) is 10.1. The van der Waals surface area contributed by atoms with Gasteiger partial charge in [-0.1, -0.05) is 37.8 Å². The highest BCUT2D eigenvalue weighted by Gasteiger charge is 2.08. The van der Waals surface area contributed by atoms with Crippen LogP contribution in [-0.4, -0.2) is 22.6 Å². The third-order valence-electron chi connectivity index (χ3n) is 4.76. The first-order chi connectivity index (χ1) is 13.1. The normalized spacial score (nSPS) is 14.3. The Hall–Kier alpha value is -2.37. The zero-order chi connectivity index (χ0) is 19.3. The van der Waals surface area contributed by atoms with Crippen LogP contribution in [0.2, 0.25) is 0 Å². The van der Waals surface area contributed by atoms with Crippen molar-refractivity contribution in [2.75, 3.05) is 5.32 Å². The van der Waals surface area contributed by atoms with E-state index in [-0.39, 0.29) is 17.6 Å². The molecule has 0 bridgehead atoms. The van der Waals surface area contributed by atoms with Crippen molar-refractivity contribution in [2.45, 2.75) is 77.0 Å². The third-order valence-corrected chi connectivity index (χ3v) is 4.76. The molecule has 0 saturated heterocycles.